The zero-order valence-corrected chi connectivity index (χ0v) is 11.2. The van der Waals surface area contributed by atoms with E-state index in [-0.39, 0.29) is 16.8 Å². The average molecular weight is 281 g/mol. The first kappa shape index (κ1) is 14.2. The maximum absolute atomic E-state index is 12.4. The van der Waals surface area contributed by atoms with E-state index in [1.165, 1.54) is 17.0 Å². The molecule has 0 saturated heterocycles. The average Bonchev–Trinajstić information content (AvgIpc) is 2.53. The molecule has 0 N–H and O–H groups in total. The van der Waals surface area contributed by atoms with E-state index in [0.717, 1.165) is 6.07 Å². The SMILES string of the molecule is CN(C(=O)c1ccc([N+](=O)[O-])cc1C#N)c1ccccc1. The zero-order chi connectivity index (χ0) is 15.4. The second-order valence-corrected chi connectivity index (χ2v) is 4.30. The Bertz CT molecular complexity index is 736. The van der Waals surface area contributed by atoms with E-state index in [2.05, 4.69) is 0 Å². The zero-order valence-electron chi connectivity index (χ0n) is 11.2. The Hall–Kier alpha value is -3.20. The number of rotatable bonds is 3. The number of hydrogen-bond acceptors (Lipinski definition) is 4. The van der Waals surface area contributed by atoms with Gasteiger partial charge in [0.05, 0.1) is 16.1 Å². The van der Waals surface area contributed by atoms with Crippen molar-refractivity contribution in [2.75, 3.05) is 11.9 Å². The Kier molecular flexibility index (Phi) is 3.95. The van der Waals surface area contributed by atoms with Gasteiger partial charge in [0.25, 0.3) is 11.6 Å². The first-order valence-electron chi connectivity index (χ1n) is 6.06. The lowest BCUT2D eigenvalue weighted by molar-refractivity contribution is -0.384. The van der Waals surface area contributed by atoms with Crippen molar-refractivity contribution in [3.8, 4) is 6.07 Å². The van der Waals surface area contributed by atoms with Gasteiger partial charge in [-0.1, -0.05) is 18.2 Å². The van der Waals surface area contributed by atoms with Crippen LogP contribution in [0.25, 0.3) is 0 Å². The molecule has 0 fully saturated rings. The Balaban J connectivity index is 2.40. The number of para-hydroxylation sites is 1. The van der Waals surface area contributed by atoms with Crippen molar-refractivity contribution >= 4 is 17.3 Å². The second kappa shape index (κ2) is 5.84. The van der Waals surface area contributed by atoms with Crippen LogP contribution < -0.4 is 4.90 Å². The summed E-state index contributed by atoms with van der Waals surface area (Å²) in [5.74, 6) is -0.396. The van der Waals surface area contributed by atoms with Crippen molar-refractivity contribution < 1.29 is 9.72 Å². The molecule has 0 saturated carbocycles. The van der Waals surface area contributed by atoms with Crippen molar-refractivity contribution in [2.45, 2.75) is 0 Å². The van der Waals surface area contributed by atoms with Crippen molar-refractivity contribution in [1.82, 2.24) is 0 Å². The molecule has 0 bridgehead atoms. The van der Waals surface area contributed by atoms with E-state index in [9.17, 15) is 14.9 Å². The highest BCUT2D eigenvalue weighted by Gasteiger charge is 2.19. The molecule has 6 nitrogen and oxygen atoms in total. The third-order valence-corrected chi connectivity index (χ3v) is 3.01. The minimum absolute atomic E-state index is 0.0167. The largest absolute Gasteiger partial charge is 0.311 e. The summed E-state index contributed by atoms with van der Waals surface area (Å²) in [6, 6.07) is 14.4. The number of carbonyl (C=O) groups is 1. The number of carbonyl (C=O) groups excluding carboxylic acids is 1. The normalized spacial score (nSPS) is 9.71. The molecule has 0 atom stereocenters. The van der Waals surface area contributed by atoms with Gasteiger partial charge in [0, 0.05) is 24.9 Å². The van der Waals surface area contributed by atoms with Gasteiger partial charge in [0.15, 0.2) is 0 Å². The minimum atomic E-state index is -0.601. The molecule has 0 radical (unpaired) electrons. The van der Waals surface area contributed by atoms with Crippen LogP contribution >= 0.6 is 0 Å². The van der Waals surface area contributed by atoms with Gasteiger partial charge in [-0.3, -0.25) is 14.9 Å². The van der Waals surface area contributed by atoms with E-state index in [1.807, 2.05) is 12.1 Å². The lowest BCUT2D eigenvalue weighted by Gasteiger charge is -2.17. The van der Waals surface area contributed by atoms with Gasteiger partial charge in [0.1, 0.15) is 6.07 Å². The molecule has 2 aromatic rings. The predicted octanol–water partition coefficient (Wildman–Crippen LogP) is 2.74. The predicted molar refractivity (Wildman–Crippen MR) is 77.0 cm³/mol. The van der Waals surface area contributed by atoms with Gasteiger partial charge in [-0.2, -0.15) is 5.26 Å². The van der Waals surface area contributed by atoms with Crippen LogP contribution in [0.2, 0.25) is 0 Å². The quantitative estimate of drug-likeness (QED) is 0.639. The third-order valence-electron chi connectivity index (χ3n) is 3.01. The molecule has 6 heteroatoms. The van der Waals surface area contributed by atoms with Crippen molar-refractivity contribution in [3.05, 3.63) is 69.8 Å². The number of nitro benzene ring substituents is 1. The molecule has 0 aliphatic heterocycles. The molecular formula is C15H11N3O3. The monoisotopic (exact) mass is 281 g/mol. The first-order valence-corrected chi connectivity index (χ1v) is 6.06. The van der Waals surface area contributed by atoms with Crippen LogP contribution in [0.5, 0.6) is 0 Å². The van der Waals surface area contributed by atoms with Crippen LogP contribution in [0, 0.1) is 21.4 Å². The Morgan fingerprint density at radius 2 is 1.90 bits per heavy atom. The van der Waals surface area contributed by atoms with Crippen molar-refractivity contribution in [2.24, 2.45) is 0 Å². The summed E-state index contributed by atoms with van der Waals surface area (Å²) in [7, 11) is 1.58. The summed E-state index contributed by atoms with van der Waals surface area (Å²) in [6.45, 7) is 0. The van der Waals surface area contributed by atoms with E-state index < -0.39 is 10.8 Å². The molecule has 2 rings (SSSR count). The van der Waals surface area contributed by atoms with Crippen LogP contribution in [-0.4, -0.2) is 17.9 Å². The molecule has 0 aliphatic rings. The van der Waals surface area contributed by atoms with E-state index in [1.54, 1.807) is 31.3 Å². The van der Waals surface area contributed by atoms with Crippen LogP contribution in [0.15, 0.2) is 48.5 Å². The standard InChI is InChI=1S/C15H11N3O3/c1-17(12-5-3-2-4-6-12)15(19)14-8-7-13(18(20)21)9-11(14)10-16/h2-9H,1H3. The highest BCUT2D eigenvalue weighted by Crippen LogP contribution is 2.21. The van der Waals surface area contributed by atoms with Gasteiger partial charge in [-0.25, -0.2) is 0 Å². The summed E-state index contributed by atoms with van der Waals surface area (Å²) in [5.41, 5.74) is 0.571. The smallest absolute Gasteiger partial charge is 0.270 e. The molecule has 0 spiro atoms. The summed E-state index contributed by atoms with van der Waals surface area (Å²) in [6.07, 6.45) is 0. The third kappa shape index (κ3) is 2.87. The number of non-ortho nitro benzene ring substituents is 1. The molecule has 21 heavy (non-hydrogen) atoms. The fourth-order valence-electron chi connectivity index (χ4n) is 1.87. The number of nitro groups is 1. The summed E-state index contributed by atoms with van der Waals surface area (Å²) in [5, 5.41) is 19.8. The van der Waals surface area contributed by atoms with Gasteiger partial charge in [-0.05, 0) is 18.2 Å². The van der Waals surface area contributed by atoms with Crippen LogP contribution in [0.1, 0.15) is 15.9 Å². The Morgan fingerprint density at radius 3 is 2.48 bits per heavy atom. The van der Waals surface area contributed by atoms with Crippen molar-refractivity contribution in [3.63, 3.8) is 0 Å². The number of nitrogens with zero attached hydrogens (tertiary/aromatic N) is 3. The van der Waals surface area contributed by atoms with Gasteiger partial charge < -0.3 is 4.90 Å². The second-order valence-electron chi connectivity index (χ2n) is 4.30. The summed E-state index contributed by atoms with van der Waals surface area (Å²) < 4.78 is 0. The van der Waals surface area contributed by atoms with E-state index in [0.29, 0.717) is 5.69 Å². The summed E-state index contributed by atoms with van der Waals surface area (Å²) in [4.78, 5) is 23.9. The molecule has 0 heterocycles. The van der Waals surface area contributed by atoms with Gasteiger partial charge >= 0.3 is 0 Å². The lowest BCUT2D eigenvalue weighted by Crippen LogP contribution is -2.26. The molecule has 104 valence electrons. The number of amides is 1. The van der Waals surface area contributed by atoms with E-state index in [4.69, 9.17) is 5.26 Å². The van der Waals surface area contributed by atoms with Gasteiger partial charge in [-0.15, -0.1) is 0 Å². The summed E-state index contributed by atoms with van der Waals surface area (Å²) >= 11 is 0. The van der Waals surface area contributed by atoms with Crippen LogP contribution in [0.3, 0.4) is 0 Å². The highest BCUT2D eigenvalue weighted by molar-refractivity contribution is 6.07. The molecular weight excluding hydrogens is 270 g/mol. The van der Waals surface area contributed by atoms with Gasteiger partial charge in [0.2, 0.25) is 0 Å². The van der Waals surface area contributed by atoms with Crippen molar-refractivity contribution in [1.29, 1.82) is 5.26 Å². The lowest BCUT2D eigenvalue weighted by atomic mass is 10.1. The highest BCUT2D eigenvalue weighted by atomic mass is 16.6. The maximum Gasteiger partial charge on any atom is 0.270 e. The number of benzene rings is 2. The Morgan fingerprint density at radius 1 is 1.24 bits per heavy atom. The van der Waals surface area contributed by atoms with Crippen LogP contribution in [0.4, 0.5) is 11.4 Å². The van der Waals surface area contributed by atoms with Crippen LogP contribution in [-0.2, 0) is 0 Å². The molecule has 0 aromatic heterocycles. The fourth-order valence-corrected chi connectivity index (χ4v) is 1.87. The number of anilines is 1. The first-order chi connectivity index (χ1) is 10.0. The molecule has 0 aliphatic carbocycles. The number of hydrogen-bond donors (Lipinski definition) is 0. The molecule has 1 amide bonds. The number of nitriles is 1. The fraction of sp³-hybridized carbons (Fsp3) is 0.0667. The maximum atomic E-state index is 12.4. The van der Waals surface area contributed by atoms with E-state index >= 15 is 0 Å². The minimum Gasteiger partial charge on any atom is -0.311 e. The molecule has 2 aromatic carbocycles. The molecule has 0 unspecified atom stereocenters. The Labute approximate surface area is 121 Å². The topological polar surface area (TPSA) is 87.2 Å².